The van der Waals surface area contributed by atoms with Crippen molar-refractivity contribution >= 4 is 21.8 Å². The summed E-state index contributed by atoms with van der Waals surface area (Å²) in [7, 11) is 0. The van der Waals surface area contributed by atoms with Crippen LogP contribution in [0.3, 0.4) is 0 Å². The fourth-order valence-electron chi connectivity index (χ4n) is 6.09. The molecule has 1 unspecified atom stereocenters. The SMILES string of the molecule is c1ccc(-c2nnc(-c3ccc(C(c4ccccc4)c4ccc(-n5c6ccccc6c6ccccc65)cc4)cc3)o2)cc1. The van der Waals surface area contributed by atoms with E-state index in [0.717, 1.165) is 16.8 Å². The molecule has 0 radical (unpaired) electrons. The molecular weight excluding hydrogens is 526 g/mol. The molecule has 8 rings (SSSR count). The third kappa shape index (κ3) is 4.50. The maximum Gasteiger partial charge on any atom is 0.248 e. The van der Waals surface area contributed by atoms with Crippen molar-refractivity contribution in [1.29, 1.82) is 0 Å². The Morgan fingerprint density at radius 2 is 0.860 bits per heavy atom. The van der Waals surface area contributed by atoms with Gasteiger partial charge in [0.2, 0.25) is 11.8 Å². The molecule has 0 fully saturated rings. The third-order valence-corrected chi connectivity index (χ3v) is 8.13. The lowest BCUT2D eigenvalue weighted by molar-refractivity contribution is 0.584. The van der Waals surface area contributed by atoms with Crippen LogP contribution in [0, 0.1) is 0 Å². The quantitative estimate of drug-likeness (QED) is 0.193. The van der Waals surface area contributed by atoms with Crippen molar-refractivity contribution in [2.75, 3.05) is 0 Å². The zero-order valence-electron chi connectivity index (χ0n) is 23.3. The van der Waals surface area contributed by atoms with Crippen LogP contribution in [-0.4, -0.2) is 14.8 Å². The number of para-hydroxylation sites is 2. The van der Waals surface area contributed by atoms with Gasteiger partial charge < -0.3 is 8.98 Å². The highest BCUT2D eigenvalue weighted by molar-refractivity contribution is 6.09. The molecule has 0 amide bonds. The number of nitrogens with zero attached hydrogens (tertiary/aromatic N) is 3. The molecule has 6 aromatic carbocycles. The second-order valence-corrected chi connectivity index (χ2v) is 10.7. The van der Waals surface area contributed by atoms with E-state index in [4.69, 9.17) is 4.42 Å². The number of hydrogen-bond donors (Lipinski definition) is 0. The molecule has 43 heavy (non-hydrogen) atoms. The van der Waals surface area contributed by atoms with Crippen LogP contribution in [0.4, 0.5) is 0 Å². The zero-order valence-corrected chi connectivity index (χ0v) is 23.3. The summed E-state index contributed by atoms with van der Waals surface area (Å²) in [5.74, 6) is 1.10. The molecule has 2 aromatic heterocycles. The molecule has 0 saturated heterocycles. The summed E-state index contributed by atoms with van der Waals surface area (Å²) in [5.41, 5.74) is 9.04. The molecule has 8 aromatic rings. The van der Waals surface area contributed by atoms with Gasteiger partial charge in [0.1, 0.15) is 0 Å². The van der Waals surface area contributed by atoms with Gasteiger partial charge in [-0.3, -0.25) is 0 Å². The Morgan fingerprint density at radius 3 is 1.44 bits per heavy atom. The monoisotopic (exact) mass is 553 g/mol. The van der Waals surface area contributed by atoms with Gasteiger partial charge in [-0.05, 0) is 65.2 Å². The van der Waals surface area contributed by atoms with Crippen LogP contribution in [0.2, 0.25) is 0 Å². The highest BCUT2D eigenvalue weighted by atomic mass is 16.4. The van der Waals surface area contributed by atoms with Crippen molar-refractivity contribution in [3.05, 3.63) is 174 Å². The number of rotatable bonds is 6. The predicted octanol–water partition coefficient (Wildman–Crippen LogP) is 9.68. The summed E-state index contributed by atoms with van der Waals surface area (Å²) in [6.45, 7) is 0. The molecule has 0 aliphatic heterocycles. The molecule has 2 heterocycles. The lowest BCUT2D eigenvalue weighted by atomic mass is 9.85. The van der Waals surface area contributed by atoms with E-state index in [1.807, 2.05) is 30.3 Å². The molecule has 4 nitrogen and oxygen atoms in total. The molecule has 0 aliphatic carbocycles. The minimum atomic E-state index is 0.0741. The summed E-state index contributed by atoms with van der Waals surface area (Å²) in [4.78, 5) is 0. The van der Waals surface area contributed by atoms with Crippen molar-refractivity contribution in [3.8, 4) is 28.6 Å². The number of hydrogen-bond acceptors (Lipinski definition) is 3. The van der Waals surface area contributed by atoms with Gasteiger partial charge in [0, 0.05) is 33.5 Å². The van der Waals surface area contributed by atoms with Gasteiger partial charge >= 0.3 is 0 Å². The van der Waals surface area contributed by atoms with E-state index in [0.29, 0.717) is 11.8 Å². The van der Waals surface area contributed by atoms with Crippen LogP contribution in [-0.2, 0) is 0 Å². The van der Waals surface area contributed by atoms with Gasteiger partial charge in [0.25, 0.3) is 0 Å². The summed E-state index contributed by atoms with van der Waals surface area (Å²) in [6.07, 6.45) is 0. The van der Waals surface area contributed by atoms with Crippen LogP contribution in [0.1, 0.15) is 22.6 Å². The molecule has 0 N–H and O–H groups in total. The first-order valence-corrected chi connectivity index (χ1v) is 14.5. The first-order valence-electron chi connectivity index (χ1n) is 14.5. The van der Waals surface area contributed by atoms with Crippen molar-refractivity contribution in [3.63, 3.8) is 0 Å². The van der Waals surface area contributed by atoms with Crippen LogP contribution in [0.5, 0.6) is 0 Å². The number of benzene rings is 6. The van der Waals surface area contributed by atoms with E-state index in [-0.39, 0.29) is 5.92 Å². The van der Waals surface area contributed by atoms with Crippen molar-refractivity contribution in [2.24, 2.45) is 0 Å². The Kier molecular flexibility index (Phi) is 6.16. The van der Waals surface area contributed by atoms with Gasteiger partial charge in [0.05, 0.1) is 11.0 Å². The summed E-state index contributed by atoms with van der Waals surface area (Å²) < 4.78 is 8.37. The Labute approximate surface area is 249 Å². The van der Waals surface area contributed by atoms with E-state index in [9.17, 15) is 0 Å². The van der Waals surface area contributed by atoms with Gasteiger partial charge in [0.15, 0.2) is 0 Å². The van der Waals surface area contributed by atoms with E-state index >= 15 is 0 Å². The Morgan fingerprint density at radius 1 is 0.419 bits per heavy atom. The van der Waals surface area contributed by atoms with Gasteiger partial charge in [-0.25, -0.2) is 0 Å². The summed E-state index contributed by atoms with van der Waals surface area (Å²) >= 11 is 0. The lowest BCUT2D eigenvalue weighted by Crippen LogP contribution is -2.04. The Balaban J connectivity index is 1.16. The maximum atomic E-state index is 6.01. The highest BCUT2D eigenvalue weighted by Crippen LogP contribution is 2.36. The van der Waals surface area contributed by atoms with Crippen molar-refractivity contribution in [2.45, 2.75) is 5.92 Å². The summed E-state index contributed by atoms with van der Waals surface area (Å²) in [6, 6.07) is 55.2. The number of aromatic nitrogens is 3. The van der Waals surface area contributed by atoms with E-state index in [1.165, 1.54) is 38.5 Å². The highest BCUT2D eigenvalue weighted by Gasteiger charge is 2.19. The third-order valence-electron chi connectivity index (χ3n) is 8.13. The molecule has 1 atom stereocenters. The summed E-state index contributed by atoms with van der Waals surface area (Å²) in [5, 5.41) is 11.1. The number of fused-ring (bicyclic) bond motifs is 3. The fraction of sp³-hybridized carbons (Fsp3) is 0.0256. The Bertz CT molecular complexity index is 2110. The van der Waals surface area contributed by atoms with E-state index in [1.54, 1.807) is 0 Å². The molecule has 0 bridgehead atoms. The maximum absolute atomic E-state index is 6.01. The fourth-order valence-corrected chi connectivity index (χ4v) is 6.09. The van der Waals surface area contributed by atoms with Crippen LogP contribution in [0.25, 0.3) is 50.4 Å². The minimum Gasteiger partial charge on any atom is -0.416 e. The average Bonchev–Trinajstić information content (AvgIpc) is 3.71. The molecule has 204 valence electrons. The van der Waals surface area contributed by atoms with Gasteiger partial charge in [-0.15, -0.1) is 10.2 Å². The van der Waals surface area contributed by atoms with Crippen LogP contribution < -0.4 is 0 Å². The van der Waals surface area contributed by atoms with Crippen LogP contribution in [0.15, 0.2) is 162 Å². The van der Waals surface area contributed by atoms with Crippen molar-refractivity contribution < 1.29 is 4.42 Å². The van der Waals surface area contributed by atoms with E-state index in [2.05, 4.69) is 142 Å². The van der Waals surface area contributed by atoms with Gasteiger partial charge in [-0.1, -0.05) is 109 Å². The van der Waals surface area contributed by atoms with Gasteiger partial charge in [-0.2, -0.15) is 0 Å². The standard InChI is InChI=1S/C39H27N3O/c1-3-11-27(12-4-1)37(28-19-21-31(22-20-28)39-41-40-38(43-39)30-13-5-2-6-14-30)29-23-25-32(26-24-29)42-35-17-9-7-15-33(35)34-16-8-10-18-36(34)42/h1-26,37H. The molecular formula is C39H27N3O. The molecule has 0 saturated carbocycles. The largest absolute Gasteiger partial charge is 0.416 e. The van der Waals surface area contributed by atoms with Crippen molar-refractivity contribution in [1.82, 2.24) is 14.8 Å². The van der Waals surface area contributed by atoms with E-state index < -0.39 is 0 Å². The Hall–Kier alpha value is -5.74. The first-order chi connectivity index (χ1) is 21.3. The predicted molar refractivity (Wildman–Crippen MR) is 173 cm³/mol. The second kappa shape index (κ2) is 10.6. The molecule has 0 spiro atoms. The topological polar surface area (TPSA) is 43.9 Å². The zero-order chi connectivity index (χ0) is 28.6. The normalized spacial score (nSPS) is 12.1. The first kappa shape index (κ1) is 25.0. The lowest BCUT2D eigenvalue weighted by Gasteiger charge is -2.20. The molecule has 4 heteroatoms. The van der Waals surface area contributed by atoms with Crippen LogP contribution >= 0.6 is 0 Å². The average molecular weight is 554 g/mol. The molecule has 0 aliphatic rings. The minimum absolute atomic E-state index is 0.0741. The second-order valence-electron chi connectivity index (χ2n) is 10.7. The smallest absolute Gasteiger partial charge is 0.248 e.